The molecule has 3 aliphatic rings. The van der Waals surface area contributed by atoms with E-state index >= 15 is 0 Å². The Hall–Kier alpha value is -0.0400. The monoisotopic (exact) mass is 179 g/mol. The molecule has 0 radical (unpaired) electrons. The van der Waals surface area contributed by atoms with Crippen molar-refractivity contribution in [1.82, 2.24) is 5.32 Å². The fourth-order valence-electron chi connectivity index (χ4n) is 4.00. The van der Waals surface area contributed by atoms with Crippen LogP contribution in [0.5, 0.6) is 0 Å². The molecule has 0 aromatic heterocycles. The summed E-state index contributed by atoms with van der Waals surface area (Å²) in [7, 11) is 0. The maximum atomic E-state index is 3.65. The van der Waals surface area contributed by atoms with Crippen LogP contribution in [0.3, 0.4) is 0 Å². The van der Waals surface area contributed by atoms with Crippen molar-refractivity contribution in [2.24, 2.45) is 5.41 Å². The minimum Gasteiger partial charge on any atom is -0.311 e. The first-order valence-electron chi connectivity index (χ1n) is 6.08. The second kappa shape index (κ2) is 2.73. The van der Waals surface area contributed by atoms with Crippen LogP contribution in [-0.2, 0) is 0 Å². The first-order chi connectivity index (χ1) is 6.33. The maximum Gasteiger partial charge on any atom is 0.0204 e. The van der Waals surface area contributed by atoms with Gasteiger partial charge in [-0.25, -0.2) is 0 Å². The zero-order valence-corrected chi connectivity index (χ0v) is 8.57. The van der Waals surface area contributed by atoms with Gasteiger partial charge in [0.1, 0.15) is 0 Å². The molecule has 3 rings (SSSR count). The molecule has 2 spiro atoms. The smallest absolute Gasteiger partial charge is 0.0204 e. The van der Waals surface area contributed by atoms with Gasteiger partial charge in [-0.2, -0.15) is 0 Å². The Morgan fingerprint density at radius 3 is 1.85 bits per heavy atom. The molecule has 1 heterocycles. The molecule has 0 bridgehead atoms. The molecular weight excluding hydrogens is 158 g/mol. The summed E-state index contributed by atoms with van der Waals surface area (Å²) in [5, 5.41) is 3.65. The Morgan fingerprint density at radius 1 is 0.769 bits per heavy atom. The van der Waals surface area contributed by atoms with Crippen LogP contribution < -0.4 is 5.32 Å². The zero-order chi connectivity index (χ0) is 8.78. The van der Waals surface area contributed by atoms with E-state index in [4.69, 9.17) is 0 Å². The Kier molecular flexibility index (Phi) is 1.74. The molecule has 1 aliphatic heterocycles. The summed E-state index contributed by atoms with van der Waals surface area (Å²) in [4.78, 5) is 0. The molecule has 1 saturated heterocycles. The van der Waals surface area contributed by atoms with Crippen molar-refractivity contribution < 1.29 is 0 Å². The highest BCUT2D eigenvalue weighted by molar-refractivity contribution is 5.13. The van der Waals surface area contributed by atoms with E-state index < -0.39 is 0 Å². The maximum absolute atomic E-state index is 3.65. The van der Waals surface area contributed by atoms with Crippen molar-refractivity contribution in [3.8, 4) is 0 Å². The second-order valence-corrected chi connectivity index (χ2v) is 5.72. The molecule has 0 unspecified atom stereocenters. The summed E-state index contributed by atoms with van der Waals surface area (Å²) in [6.07, 6.45) is 13.6. The lowest BCUT2D eigenvalue weighted by Gasteiger charge is -2.62. The van der Waals surface area contributed by atoms with E-state index in [1.54, 1.807) is 0 Å². The number of hydrogen-bond acceptors (Lipinski definition) is 1. The van der Waals surface area contributed by atoms with Crippen molar-refractivity contribution in [3.05, 3.63) is 0 Å². The third-order valence-corrected chi connectivity index (χ3v) is 4.69. The minimum absolute atomic E-state index is 0.657. The fourth-order valence-corrected chi connectivity index (χ4v) is 4.00. The van der Waals surface area contributed by atoms with Crippen LogP contribution in [-0.4, -0.2) is 12.1 Å². The lowest BCUT2D eigenvalue weighted by molar-refractivity contribution is -0.0524. The molecule has 0 atom stereocenters. The van der Waals surface area contributed by atoms with Gasteiger partial charge in [-0.05, 0) is 44.1 Å². The lowest BCUT2D eigenvalue weighted by atomic mass is 9.51. The molecule has 1 N–H and O–H groups in total. The Morgan fingerprint density at radius 2 is 1.38 bits per heavy atom. The number of hydrogen-bond donors (Lipinski definition) is 1. The summed E-state index contributed by atoms with van der Waals surface area (Å²) in [6, 6.07) is 0. The van der Waals surface area contributed by atoms with Gasteiger partial charge in [-0.1, -0.05) is 25.7 Å². The van der Waals surface area contributed by atoms with Gasteiger partial charge in [-0.15, -0.1) is 0 Å². The normalized spacial score (nSPS) is 35.1. The van der Waals surface area contributed by atoms with Gasteiger partial charge in [0, 0.05) is 5.54 Å². The zero-order valence-electron chi connectivity index (χ0n) is 8.57. The van der Waals surface area contributed by atoms with E-state index in [1.807, 2.05) is 0 Å². The van der Waals surface area contributed by atoms with Crippen LogP contribution in [0.2, 0.25) is 0 Å². The van der Waals surface area contributed by atoms with Gasteiger partial charge < -0.3 is 5.32 Å². The van der Waals surface area contributed by atoms with Crippen molar-refractivity contribution in [3.63, 3.8) is 0 Å². The van der Waals surface area contributed by atoms with Gasteiger partial charge in [0.25, 0.3) is 0 Å². The summed E-state index contributed by atoms with van der Waals surface area (Å²) in [5.74, 6) is 0. The largest absolute Gasteiger partial charge is 0.311 e. The molecule has 1 heteroatoms. The van der Waals surface area contributed by atoms with Crippen LogP contribution in [0.1, 0.15) is 57.8 Å². The highest BCUT2D eigenvalue weighted by Crippen LogP contribution is 2.58. The van der Waals surface area contributed by atoms with Gasteiger partial charge in [0.15, 0.2) is 0 Å². The number of rotatable bonds is 0. The van der Waals surface area contributed by atoms with Crippen molar-refractivity contribution in [2.45, 2.75) is 63.3 Å². The Balaban J connectivity index is 1.64. The van der Waals surface area contributed by atoms with Crippen LogP contribution in [0.25, 0.3) is 0 Å². The topological polar surface area (TPSA) is 12.0 Å². The first kappa shape index (κ1) is 8.28. The van der Waals surface area contributed by atoms with Crippen LogP contribution >= 0.6 is 0 Å². The van der Waals surface area contributed by atoms with Crippen LogP contribution in [0.4, 0.5) is 0 Å². The molecule has 2 saturated carbocycles. The fraction of sp³-hybridized carbons (Fsp3) is 1.00. The summed E-state index contributed by atoms with van der Waals surface area (Å²) in [6.45, 7) is 1.29. The van der Waals surface area contributed by atoms with Gasteiger partial charge in [0.2, 0.25) is 0 Å². The minimum atomic E-state index is 0.657. The van der Waals surface area contributed by atoms with E-state index in [2.05, 4.69) is 5.32 Å². The first-order valence-corrected chi connectivity index (χ1v) is 6.08. The van der Waals surface area contributed by atoms with Gasteiger partial charge in [0.05, 0.1) is 0 Å². The van der Waals surface area contributed by atoms with Crippen molar-refractivity contribution in [1.29, 1.82) is 0 Å². The predicted octanol–water partition coefficient (Wildman–Crippen LogP) is 2.85. The van der Waals surface area contributed by atoms with Crippen LogP contribution in [0.15, 0.2) is 0 Å². The third-order valence-electron chi connectivity index (χ3n) is 4.69. The van der Waals surface area contributed by atoms with E-state index in [0.29, 0.717) is 5.54 Å². The Labute approximate surface area is 81.3 Å². The Bertz CT molecular complexity index is 187. The van der Waals surface area contributed by atoms with E-state index in [0.717, 1.165) is 5.41 Å². The summed E-state index contributed by atoms with van der Waals surface area (Å²) in [5.41, 5.74) is 1.47. The van der Waals surface area contributed by atoms with E-state index in [9.17, 15) is 0 Å². The van der Waals surface area contributed by atoms with Crippen molar-refractivity contribution >= 4 is 0 Å². The molecule has 1 nitrogen and oxygen atoms in total. The molecule has 13 heavy (non-hydrogen) atoms. The van der Waals surface area contributed by atoms with E-state index in [1.165, 1.54) is 64.3 Å². The second-order valence-electron chi connectivity index (χ2n) is 5.72. The molecular formula is C12H21N. The highest BCUT2D eigenvalue weighted by Gasteiger charge is 2.56. The number of nitrogens with one attached hydrogen (secondary N) is 1. The predicted molar refractivity (Wildman–Crippen MR) is 54.7 cm³/mol. The summed E-state index contributed by atoms with van der Waals surface area (Å²) >= 11 is 0. The van der Waals surface area contributed by atoms with E-state index in [-0.39, 0.29) is 0 Å². The van der Waals surface area contributed by atoms with Crippen molar-refractivity contribution in [2.75, 3.05) is 6.54 Å². The molecule has 2 aliphatic carbocycles. The highest BCUT2D eigenvalue weighted by atomic mass is 15.1. The molecule has 3 fully saturated rings. The SMILES string of the molecule is C1CCCC2(CC1)CC1(CCN1)C2. The third kappa shape index (κ3) is 1.24. The molecule has 0 amide bonds. The standard InChI is InChI=1S/C12H21N/c1-2-4-6-11(5-3-1)9-12(10-11)7-8-13-12/h13H,1-10H2. The van der Waals surface area contributed by atoms with Gasteiger partial charge in [-0.3, -0.25) is 0 Å². The quantitative estimate of drug-likeness (QED) is 0.603. The molecule has 0 aromatic carbocycles. The average Bonchev–Trinajstić information content (AvgIpc) is 2.21. The van der Waals surface area contributed by atoms with Crippen LogP contribution in [0, 0.1) is 5.41 Å². The molecule has 74 valence electrons. The van der Waals surface area contributed by atoms with Gasteiger partial charge >= 0.3 is 0 Å². The molecule has 0 aromatic rings. The lowest BCUT2D eigenvalue weighted by Crippen LogP contribution is -2.68. The summed E-state index contributed by atoms with van der Waals surface area (Å²) < 4.78 is 0. The average molecular weight is 179 g/mol.